The topological polar surface area (TPSA) is 56.5 Å². The van der Waals surface area contributed by atoms with Crippen LogP contribution in [0.4, 0.5) is 0 Å². The quantitative estimate of drug-likeness (QED) is 0.469. The number of ketones is 1. The molecule has 0 unspecified atom stereocenters. The zero-order valence-electron chi connectivity index (χ0n) is 10.5. The van der Waals surface area contributed by atoms with Crippen molar-refractivity contribution in [1.82, 2.24) is 0 Å². The predicted molar refractivity (Wildman–Crippen MR) is 75.9 cm³/mol. The summed E-state index contributed by atoms with van der Waals surface area (Å²) in [6, 6.07) is 3.53. The van der Waals surface area contributed by atoms with Crippen LogP contribution in [0.25, 0.3) is 6.08 Å². The molecule has 18 heavy (non-hydrogen) atoms. The lowest BCUT2D eigenvalue weighted by atomic mass is 9.91. The third-order valence-electron chi connectivity index (χ3n) is 2.16. The van der Waals surface area contributed by atoms with E-state index in [-0.39, 0.29) is 12.4 Å². The van der Waals surface area contributed by atoms with Crippen molar-refractivity contribution in [3.8, 4) is 0 Å². The van der Waals surface area contributed by atoms with Crippen LogP contribution >= 0.6 is 22.6 Å². The third-order valence-corrected chi connectivity index (χ3v) is 2.74. The zero-order chi connectivity index (χ0) is 13.8. The van der Waals surface area contributed by atoms with Crippen molar-refractivity contribution in [3.63, 3.8) is 0 Å². The van der Waals surface area contributed by atoms with Gasteiger partial charge < -0.3 is 9.15 Å². The highest BCUT2D eigenvalue weighted by atomic mass is 127. The number of furan rings is 1. The largest absolute Gasteiger partial charge is 0.454 e. The van der Waals surface area contributed by atoms with E-state index in [9.17, 15) is 9.59 Å². The van der Waals surface area contributed by atoms with E-state index < -0.39 is 11.4 Å². The molecule has 0 spiro atoms. The minimum atomic E-state index is -0.556. The summed E-state index contributed by atoms with van der Waals surface area (Å²) in [6.07, 6.45) is 2.75. The van der Waals surface area contributed by atoms with Gasteiger partial charge in [0.2, 0.25) is 0 Å². The molecule has 1 rings (SSSR count). The number of hydrogen-bond donors (Lipinski definition) is 0. The van der Waals surface area contributed by atoms with E-state index in [0.717, 1.165) is 3.77 Å². The summed E-state index contributed by atoms with van der Waals surface area (Å²) in [5, 5.41) is 0. The van der Waals surface area contributed by atoms with Gasteiger partial charge in [0.15, 0.2) is 16.2 Å². The molecule has 0 radical (unpaired) electrons. The number of esters is 1. The Morgan fingerprint density at radius 1 is 1.39 bits per heavy atom. The van der Waals surface area contributed by atoms with Crippen LogP contribution < -0.4 is 0 Å². The molecule has 0 aliphatic heterocycles. The van der Waals surface area contributed by atoms with Crippen molar-refractivity contribution in [1.29, 1.82) is 0 Å². The van der Waals surface area contributed by atoms with Crippen LogP contribution in [-0.2, 0) is 14.3 Å². The van der Waals surface area contributed by atoms with E-state index in [0.29, 0.717) is 5.76 Å². The summed E-state index contributed by atoms with van der Waals surface area (Å²) in [7, 11) is 0. The molecule has 0 N–H and O–H groups in total. The second kappa shape index (κ2) is 6.17. The van der Waals surface area contributed by atoms with Crippen LogP contribution in [-0.4, -0.2) is 18.4 Å². The van der Waals surface area contributed by atoms with E-state index >= 15 is 0 Å². The van der Waals surface area contributed by atoms with E-state index in [4.69, 9.17) is 9.15 Å². The molecule has 0 aromatic carbocycles. The van der Waals surface area contributed by atoms with Crippen molar-refractivity contribution in [2.24, 2.45) is 5.41 Å². The maximum atomic E-state index is 11.5. The van der Waals surface area contributed by atoms with Gasteiger partial charge in [-0.2, -0.15) is 0 Å². The van der Waals surface area contributed by atoms with Crippen LogP contribution in [0.3, 0.4) is 0 Å². The van der Waals surface area contributed by atoms with E-state index in [1.54, 1.807) is 32.9 Å². The van der Waals surface area contributed by atoms with Gasteiger partial charge in [0.1, 0.15) is 5.76 Å². The Kier molecular flexibility index (Phi) is 5.13. The maximum absolute atomic E-state index is 11.5. The molecule has 98 valence electrons. The molecular formula is C13H15IO4. The lowest BCUT2D eigenvalue weighted by Crippen LogP contribution is -2.25. The first kappa shape index (κ1) is 14.9. The van der Waals surface area contributed by atoms with Gasteiger partial charge in [-0.1, -0.05) is 20.8 Å². The lowest BCUT2D eigenvalue weighted by molar-refractivity contribution is -0.145. The van der Waals surface area contributed by atoms with Crippen molar-refractivity contribution < 1.29 is 18.7 Å². The van der Waals surface area contributed by atoms with Crippen LogP contribution in [0, 0.1) is 9.18 Å². The molecule has 0 bridgehead atoms. The predicted octanol–water partition coefficient (Wildman–Crippen LogP) is 3.06. The first-order chi connectivity index (χ1) is 8.29. The number of halogens is 1. The highest BCUT2D eigenvalue weighted by Gasteiger charge is 2.21. The fraction of sp³-hybridized carbons (Fsp3) is 0.385. The van der Waals surface area contributed by atoms with E-state index in [1.807, 2.05) is 22.6 Å². The molecule has 0 aliphatic rings. The van der Waals surface area contributed by atoms with Gasteiger partial charge in [0.05, 0.1) is 0 Å². The second-order valence-corrected chi connectivity index (χ2v) is 5.82. The Morgan fingerprint density at radius 3 is 2.56 bits per heavy atom. The highest BCUT2D eigenvalue weighted by molar-refractivity contribution is 14.1. The summed E-state index contributed by atoms with van der Waals surface area (Å²) in [6.45, 7) is 5.14. The zero-order valence-corrected chi connectivity index (χ0v) is 12.7. The normalized spacial score (nSPS) is 11.8. The van der Waals surface area contributed by atoms with Crippen LogP contribution in [0.5, 0.6) is 0 Å². The summed E-state index contributed by atoms with van der Waals surface area (Å²) in [5.74, 6) is -0.102. The molecule has 0 saturated carbocycles. The Hall–Kier alpha value is -1.11. The molecule has 0 saturated heterocycles. The standard InChI is InChI=1S/C13H15IO4/c1-13(2,3)10(15)8-17-12(16)7-5-9-4-6-11(14)18-9/h4-7H,8H2,1-3H3/b7-5+. The Bertz CT molecular complexity index is 466. The second-order valence-electron chi connectivity index (χ2n) is 4.76. The maximum Gasteiger partial charge on any atom is 0.331 e. The number of ether oxygens (including phenoxy) is 1. The smallest absolute Gasteiger partial charge is 0.331 e. The SMILES string of the molecule is CC(C)(C)C(=O)COC(=O)/C=C/c1ccc(I)o1. The number of carbonyl (C=O) groups is 2. The Labute approximate surface area is 120 Å². The first-order valence-corrected chi connectivity index (χ1v) is 6.50. The van der Waals surface area contributed by atoms with Gasteiger partial charge in [-0.3, -0.25) is 4.79 Å². The summed E-state index contributed by atoms with van der Waals surface area (Å²) < 4.78 is 10.8. The minimum absolute atomic E-state index is 0.114. The molecule has 1 aromatic rings. The fourth-order valence-corrected chi connectivity index (χ4v) is 1.40. The van der Waals surface area contributed by atoms with Gasteiger partial charge >= 0.3 is 5.97 Å². The molecule has 0 atom stereocenters. The Morgan fingerprint density at radius 2 is 2.06 bits per heavy atom. The molecule has 5 heteroatoms. The summed E-state index contributed by atoms with van der Waals surface area (Å²) in [4.78, 5) is 22.9. The fourth-order valence-electron chi connectivity index (χ4n) is 0.969. The number of hydrogen-bond acceptors (Lipinski definition) is 4. The monoisotopic (exact) mass is 362 g/mol. The van der Waals surface area contributed by atoms with Crippen molar-refractivity contribution in [3.05, 3.63) is 27.7 Å². The van der Waals surface area contributed by atoms with Crippen LogP contribution in [0.2, 0.25) is 0 Å². The van der Waals surface area contributed by atoms with Crippen molar-refractivity contribution >= 4 is 40.4 Å². The number of carbonyl (C=O) groups excluding carboxylic acids is 2. The molecule has 4 nitrogen and oxygen atoms in total. The van der Waals surface area contributed by atoms with Gasteiger partial charge in [0, 0.05) is 11.5 Å². The molecular weight excluding hydrogens is 347 g/mol. The van der Waals surface area contributed by atoms with Gasteiger partial charge in [0.25, 0.3) is 0 Å². The highest BCUT2D eigenvalue weighted by Crippen LogP contribution is 2.14. The number of Topliss-reactive ketones (excluding diaryl/α,β-unsaturated/α-hetero) is 1. The molecule has 1 heterocycles. The molecule has 0 fully saturated rings. The van der Waals surface area contributed by atoms with Gasteiger partial charge in [-0.25, -0.2) is 4.79 Å². The molecule has 0 aliphatic carbocycles. The number of rotatable bonds is 4. The lowest BCUT2D eigenvalue weighted by Gasteiger charge is -2.15. The average Bonchev–Trinajstić information content (AvgIpc) is 2.67. The average molecular weight is 362 g/mol. The minimum Gasteiger partial charge on any atom is -0.454 e. The first-order valence-electron chi connectivity index (χ1n) is 5.42. The van der Waals surface area contributed by atoms with Crippen molar-refractivity contribution in [2.45, 2.75) is 20.8 Å². The van der Waals surface area contributed by atoms with E-state index in [2.05, 4.69) is 0 Å². The molecule has 0 amide bonds. The summed E-state index contributed by atoms with van der Waals surface area (Å²) >= 11 is 2.03. The van der Waals surface area contributed by atoms with Gasteiger partial charge in [-0.15, -0.1) is 0 Å². The third kappa shape index (κ3) is 5.03. The van der Waals surface area contributed by atoms with Crippen LogP contribution in [0.15, 0.2) is 22.6 Å². The van der Waals surface area contributed by atoms with Crippen LogP contribution in [0.1, 0.15) is 26.5 Å². The van der Waals surface area contributed by atoms with Crippen molar-refractivity contribution in [2.75, 3.05) is 6.61 Å². The molecule has 1 aromatic heterocycles. The Balaban J connectivity index is 2.43. The van der Waals surface area contributed by atoms with Gasteiger partial charge in [-0.05, 0) is 40.8 Å². The summed E-state index contributed by atoms with van der Waals surface area (Å²) in [5.41, 5.74) is -0.499. The van der Waals surface area contributed by atoms with E-state index in [1.165, 1.54) is 12.2 Å².